The van der Waals surface area contributed by atoms with Gasteiger partial charge in [0.15, 0.2) is 5.65 Å². The number of ether oxygens (including phenoxy) is 1. The van der Waals surface area contributed by atoms with Crippen LogP contribution in [0.5, 0.6) is 0 Å². The molecule has 0 unspecified atom stereocenters. The number of fused-ring (bicyclic) bond motifs is 2. The molecular weight excluding hydrogens is 330 g/mol. The Morgan fingerprint density at radius 1 is 1.15 bits per heavy atom. The second kappa shape index (κ2) is 6.14. The Morgan fingerprint density at radius 3 is 2.54 bits per heavy atom. The van der Waals surface area contributed by atoms with Crippen molar-refractivity contribution < 1.29 is 9.53 Å². The fourth-order valence-electron chi connectivity index (χ4n) is 3.59. The smallest absolute Gasteiger partial charge is 0.410 e. The molecule has 7 heteroatoms. The molecule has 0 aromatic carbocycles. The zero-order chi connectivity index (χ0) is 18.5. The first kappa shape index (κ1) is 17.1. The average Bonchev–Trinajstić information content (AvgIpc) is 2.74. The van der Waals surface area contributed by atoms with Crippen LogP contribution < -0.4 is 4.90 Å². The minimum Gasteiger partial charge on any atom is -0.444 e. The highest BCUT2D eigenvalue weighted by molar-refractivity contribution is 5.69. The Morgan fingerprint density at radius 2 is 1.88 bits per heavy atom. The predicted octanol–water partition coefficient (Wildman–Crippen LogP) is 2.58. The Balaban J connectivity index is 1.68. The lowest BCUT2D eigenvalue weighted by atomic mass is 10.1. The van der Waals surface area contributed by atoms with E-state index < -0.39 is 5.60 Å². The highest BCUT2D eigenvalue weighted by Crippen LogP contribution is 2.31. The largest absolute Gasteiger partial charge is 0.444 e. The normalized spacial score (nSPS) is 17.7. The summed E-state index contributed by atoms with van der Waals surface area (Å²) in [7, 11) is 0. The van der Waals surface area contributed by atoms with Crippen molar-refractivity contribution in [2.45, 2.75) is 52.6 Å². The second-order valence-corrected chi connectivity index (χ2v) is 8.23. The molecule has 0 aliphatic carbocycles. The molecule has 4 heterocycles. The first-order valence-corrected chi connectivity index (χ1v) is 9.42. The molecule has 0 saturated carbocycles. The van der Waals surface area contributed by atoms with Crippen LogP contribution in [0.4, 0.5) is 10.6 Å². The van der Waals surface area contributed by atoms with Crippen molar-refractivity contribution in [1.82, 2.24) is 19.5 Å². The van der Waals surface area contributed by atoms with E-state index in [0.29, 0.717) is 13.1 Å². The van der Waals surface area contributed by atoms with Gasteiger partial charge in [-0.1, -0.05) is 0 Å². The van der Waals surface area contributed by atoms with Gasteiger partial charge in [0, 0.05) is 43.7 Å². The minimum atomic E-state index is -0.477. The fourth-order valence-corrected chi connectivity index (χ4v) is 3.59. The van der Waals surface area contributed by atoms with E-state index in [1.54, 1.807) is 0 Å². The van der Waals surface area contributed by atoms with Gasteiger partial charge in [0.2, 0.25) is 0 Å². The van der Waals surface area contributed by atoms with Crippen molar-refractivity contribution in [1.29, 1.82) is 0 Å². The van der Waals surface area contributed by atoms with Gasteiger partial charge in [-0.2, -0.15) is 9.61 Å². The summed E-state index contributed by atoms with van der Waals surface area (Å²) in [6.45, 7) is 11.1. The molecule has 7 nitrogen and oxygen atoms in total. The number of rotatable bonds is 1. The summed E-state index contributed by atoms with van der Waals surface area (Å²) in [5.41, 5.74) is 3.86. The fraction of sp³-hybridized carbons (Fsp3) is 0.632. The summed E-state index contributed by atoms with van der Waals surface area (Å²) in [5, 5.41) is 4.57. The molecule has 0 N–H and O–H groups in total. The van der Waals surface area contributed by atoms with Crippen molar-refractivity contribution >= 4 is 17.6 Å². The molecule has 0 atom stereocenters. The molecule has 140 valence electrons. The number of hydrogen-bond acceptors (Lipinski definition) is 5. The van der Waals surface area contributed by atoms with Crippen LogP contribution in [0.25, 0.3) is 5.65 Å². The maximum Gasteiger partial charge on any atom is 0.410 e. The lowest BCUT2D eigenvalue weighted by molar-refractivity contribution is 0.0258. The van der Waals surface area contributed by atoms with Crippen LogP contribution in [0.2, 0.25) is 0 Å². The summed E-state index contributed by atoms with van der Waals surface area (Å²) >= 11 is 0. The number of anilines is 1. The average molecular weight is 357 g/mol. The van der Waals surface area contributed by atoms with E-state index in [1.165, 1.54) is 12.0 Å². The topological polar surface area (TPSA) is 63.0 Å². The number of hydrogen-bond donors (Lipinski definition) is 0. The molecule has 0 bridgehead atoms. The molecule has 2 aliphatic heterocycles. The quantitative estimate of drug-likeness (QED) is 0.785. The van der Waals surface area contributed by atoms with Crippen molar-refractivity contribution in [3.05, 3.63) is 23.0 Å². The van der Waals surface area contributed by atoms with Gasteiger partial charge in [-0.15, -0.1) is 0 Å². The number of carbonyl (C=O) groups is 1. The van der Waals surface area contributed by atoms with Crippen LogP contribution in [0.1, 0.15) is 44.0 Å². The van der Waals surface area contributed by atoms with Crippen molar-refractivity contribution in [3.8, 4) is 0 Å². The number of amides is 1. The maximum atomic E-state index is 12.5. The van der Waals surface area contributed by atoms with Gasteiger partial charge in [-0.05, 0) is 40.5 Å². The number of aromatic nitrogens is 3. The number of carbonyl (C=O) groups excluding carboxylic acids is 1. The van der Waals surface area contributed by atoms with Crippen LogP contribution in [0.3, 0.4) is 0 Å². The van der Waals surface area contributed by atoms with E-state index in [-0.39, 0.29) is 6.09 Å². The van der Waals surface area contributed by atoms with Crippen LogP contribution in [-0.4, -0.2) is 57.4 Å². The van der Waals surface area contributed by atoms with Gasteiger partial charge < -0.3 is 14.5 Å². The van der Waals surface area contributed by atoms with E-state index in [1.807, 2.05) is 43.3 Å². The van der Waals surface area contributed by atoms with Crippen LogP contribution >= 0.6 is 0 Å². The molecule has 1 saturated heterocycles. The van der Waals surface area contributed by atoms with Crippen LogP contribution in [-0.2, 0) is 17.6 Å². The third-order valence-corrected chi connectivity index (χ3v) is 5.04. The van der Waals surface area contributed by atoms with Crippen LogP contribution in [0.15, 0.2) is 6.20 Å². The molecule has 2 aromatic heterocycles. The second-order valence-electron chi connectivity index (χ2n) is 8.23. The molecule has 2 aromatic rings. The third-order valence-electron chi connectivity index (χ3n) is 5.04. The molecule has 1 amide bonds. The number of aryl methyl sites for hydroxylation is 1. The van der Waals surface area contributed by atoms with Gasteiger partial charge in [0.25, 0.3) is 0 Å². The lowest BCUT2D eigenvalue weighted by Gasteiger charge is -2.35. The summed E-state index contributed by atoms with van der Waals surface area (Å²) in [6.07, 6.45) is 4.39. The van der Waals surface area contributed by atoms with Gasteiger partial charge in [-0.25, -0.2) is 9.78 Å². The van der Waals surface area contributed by atoms with E-state index >= 15 is 0 Å². The van der Waals surface area contributed by atoms with E-state index in [2.05, 4.69) is 10.00 Å². The van der Waals surface area contributed by atoms with E-state index in [0.717, 1.165) is 48.7 Å². The highest BCUT2D eigenvalue weighted by atomic mass is 16.6. The predicted molar refractivity (Wildman–Crippen MR) is 99.8 cm³/mol. The zero-order valence-electron chi connectivity index (χ0n) is 16.1. The Kier molecular flexibility index (Phi) is 4.04. The molecule has 26 heavy (non-hydrogen) atoms. The lowest BCUT2D eigenvalue weighted by Crippen LogP contribution is -2.40. The summed E-state index contributed by atoms with van der Waals surface area (Å²) in [5.74, 6) is 1.16. The molecule has 2 aliphatic rings. The Hall–Kier alpha value is -2.31. The first-order chi connectivity index (χ1) is 12.3. The molecular formula is C19H27N5O2. The van der Waals surface area contributed by atoms with E-state index in [9.17, 15) is 4.79 Å². The number of nitrogens with zero attached hydrogens (tertiary/aromatic N) is 5. The summed E-state index contributed by atoms with van der Waals surface area (Å²) in [4.78, 5) is 21.6. The summed E-state index contributed by atoms with van der Waals surface area (Å²) < 4.78 is 7.54. The SMILES string of the molecule is Cc1cnn2c(N3CCC3)c3c(nc12)CCN(C(=O)OC(C)(C)C)CC3. The van der Waals surface area contributed by atoms with Gasteiger partial charge in [-0.3, -0.25) is 0 Å². The monoisotopic (exact) mass is 357 g/mol. The van der Waals surface area contributed by atoms with Gasteiger partial charge >= 0.3 is 6.09 Å². The molecule has 1 fully saturated rings. The van der Waals surface area contributed by atoms with Crippen LogP contribution in [0, 0.1) is 6.92 Å². The van der Waals surface area contributed by atoms with Crippen molar-refractivity contribution in [2.24, 2.45) is 0 Å². The Labute approximate surface area is 153 Å². The summed E-state index contributed by atoms with van der Waals surface area (Å²) in [6, 6.07) is 0. The maximum absolute atomic E-state index is 12.5. The van der Waals surface area contributed by atoms with Crippen molar-refractivity contribution in [2.75, 3.05) is 31.1 Å². The van der Waals surface area contributed by atoms with Crippen molar-refractivity contribution in [3.63, 3.8) is 0 Å². The van der Waals surface area contributed by atoms with Gasteiger partial charge in [0.05, 0.1) is 11.9 Å². The molecule has 0 spiro atoms. The van der Waals surface area contributed by atoms with E-state index in [4.69, 9.17) is 9.72 Å². The Bertz CT molecular complexity index is 848. The zero-order valence-corrected chi connectivity index (χ0v) is 16.1. The molecule has 0 radical (unpaired) electrons. The van der Waals surface area contributed by atoms with Gasteiger partial charge in [0.1, 0.15) is 11.4 Å². The minimum absolute atomic E-state index is 0.239. The standard InChI is InChI=1S/C19H27N5O2/c1-13-12-20-24-16(13)21-15-7-11-23(18(25)26-19(2,3)4)10-6-14(15)17(24)22-8-5-9-22/h12H,5-11H2,1-4H3. The first-order valence-electron chi connectivity index (χ1n) is 9.42. The third kappa shape index (κ3) is 2.99. The molecule has 4 rings (SSSR count). The highest BCUT2D eigenvalue weighted by Gasteiger charge is 2.29.